The zero-order valence-electron chi connectivity index (χ0n) is 15.5. The number of hydrogen-bond acceptors (Lipinski definition) is 7. The predicted octanol–water partition coefficient (Wildman–Crippen LogP) is 2.03. The highest BCUT2D eigenvalue weighted by Crippen LogP contribution is 2.38. The Bertz CT molecular complexity index is 835. The van der Waals surface area contributed by atoms with Crippen LogP contribution in [0.15, 0.2) is 30.6 Å². The number of ether oxygens (including phenoxy) is 1. The van der Waals surface area contributed by atoms with E-state index < -0.39 is 0 Å². The second-order valence-electron chi connectivity index (χ2n) is 6.64. The lowest BCUT2D eigenvalue weighted by Gasteiger charge is -2.35. The molecule has 1 aromatic heterocycles. The molecule has 1 aromatic carbocycles. The number of carbonyl (C=O) groups is 1. The van der Waals surface area contributed by atoms with Crippen LogP contribution in [0.2, 0.25) is 0 Å². The average molecular weight is 368 g/mol. The van der Waals surface area contributed by atoms with Crippen molar-refractivity contribution in [2.45, 2.75) is 13.3 Å². The van der Waals surface area contributed by atoms with Gasteiger partial charge in [0.1, 0.15) is 12.0 Å². The topological polar surface area (TPSA) is 87.8 Å². The van der Waals surface area contributed by atoms with Crippen molar-refractivity contribution < 1.29 is 9.53 Å². The highest BCUT2D eigenvalue weighted by atomic mass is 16.6. The van der Waals surface area contributed by atoms with Crippen molar-refractivity contribution >= 4 is 29.1 Å². The lowest BCUT2D eigenvalue weighted by atomic mass is 10.2. The monoisotopic (exact) mass is 368 g/mol. The summed E-state index contributed by atoms with van der Waals surface area (Å²) in [5, 5.41) is 0. The summed E-state index contributed by atoms with van der Waals surface area (Å²) in [4.78, 5) is 26.8. The summed E-state index contributed by atoms with van der Waals surface area (Å²) in [5.74, 6) is 1.48. The Hall–Kier alpha value is -3.03. The van der Waals surface area contributed by atoms with Gasteiger partial charge in [0.15, 0.2) is 11.6 Å². The highest BCUT2D eigenvalue weighted by molar-refractivity contribution is 5.82. The number of nitrogens with zero attached hydrogens (tertiary/aromatic N) is 5. The second kappa shape index (κ2) is 7.30. The second-order valence-corrected chi connectivity index (χ2v) is 6.64. The Kier molecular flexibility index (Phi) is 4.70. The minimum absolute atomic E-state index is 0.262. The molecule has 0 aliphatic carbocycles. The van der Waals surface area contributed by atoms with Crippen LogP contribution in [0.25, 0.3) is 0 Å². The number of piperazine rings is 1. The molecule has 27 heavy (non-hydrogen) atoms. The van der Waals surface area contributed by atoms with Crippen LogP contribution < -0.4 is 15.5 Å². The quantitative estimate of drug-likeness (QED) is 0.887. The van der Waals surface area contributed by atoms with Gasteiger partial charge in [0, 0.05) is 38.4 Å². The van der Waals surface area contributed by atoms with Crippen molar-refractivity contribution in [3.05, 3.63) is 36.2 Å². The van der Waals surface area contributed by atoms with Gasteiger partial charge in [0.05, 0.1) is 6.61 Å². The number of para-hydroxylation sites is 1. The predicted molar refractivity (Wildman–Crippen MR) is 104 cm³/mol. The molecule has 3 heterocycles. The van der Waals surface area contributed by atoms with E-state index in [0.29, 0.717) is 38.5 Å². The molecule has 142 valence electrons. The largest absolute Gasteiger partial charge is 0.450 e. The number of carbonyl (C=O) groups excluding carboxylic acids is 1. The number of fused-ring (bicyclic) bond motifs is 1. The Morgan fingerprint density at radius 1 is 1.11 bits per heavy atom. The van der Waals surface area contributed by atoms with Crippen LogP contribution in [0.3, 0.4) is 0 Å². The van der Waals surface area contributed by atoms with Crippen LogP contribution in [-0.2, 0) is 11.2 Å². The van der Waals surface area contributed by atoms with E-state index in [4.69, 9.17) is 10.5 Å². The summed E-state index contributed by atoms with van der Waals surface area (Å²) in [6.45, 7) is 5.56. The number of rotatable bonds is 3. The molecular formula is C19H24N6O2. The minimum Gasteiger partial charge on any atom is -0.450 e. The van der Waals surface area contributed by atoms with Crippen LogP contribution in [0.5, 0.6) is 0 Å². The molecule has 4 rings (SSSR count). The van der Waals surface area contributed by atoms with E-state index in [0.717, 1.165) is 30.3 Å². The molecule has 0 saturated carbocycles. The molecule has 2 aromatic rings. The number of nitrogen functional groups attached to an aromatic ring is 1. The van der Waals surface area contributed by atoms with E-state index in [-0.39, 0.29) is 6.09 Å². The van der Waals surface area contributed by atoms with Gasteiger partial charge >= 0.3 is 6.09 Å². The molecular weight excluding hydrogens is 344 g/mol. The van der Waals surface area contributed by atoms with E-state index in [2.05, 4.69) is 38.0 Å². The Balaban J connectivity index is 1.53. The molecule has 0 bridgehead atoms. The molecule has 1 fully saturated rings. The molecule has 2 aliphatic rings. The van der Waals surface area contributed by atoms with Crippen molar-refractivity contribution in [2.24, 2.45) is 0 Å². The Labute approximate surface area is 158 Å². The number of amides is 1. The number of benzene rings is 1. The first kappa shape index (κ1) is 17.4. The first-order valence-corrected chi connectivity index (χ1v) is 9.31. The van der Waals surface area contributed by atoms with Crippen molar-refractivity contribution in [2.75, 3.05) is 54.9 Å². The van der Waals surface area contributed by atoms with Crippen molar-refractivity contribution in [3.8, 4) is 0 Å². The van der Waals surface area contributed by atoms with Gasteiger partial charge in [-0.15, -0.1) is 0 Å². The summed E-state index contributed by atoms with van der Waals surface area (Å²) < 4.78 is 5.08. The maximum Gasteiger partial charge on any atom is 0.409 e. The van der Waals surface area contributed by atoms with Crippen LogP contribution in [0.1, 0.15) is 12.5 Å². The van der Waals surface area contributed by atoms with E-state index in [1.165, 1.54) is 5.56 Å². The molecule has 0 radical (unpaired) electrons. The van der Waals surface area contributed by atoms with Gasteiger partial charge in [-0.2, -0.15) is 0 Å². The summed E-state index contributed by atoms with van der Waals surface area (Å²) >= 11 is 0. The summed E-state index contributed by atoms with van der Waals surface area (Å²) in [5.41, 5.74) is 9.52. The smallest absolute Gasteiger partial charge is 0.409 e. The molecule has 2 N–H and O–H groups in total. The van der Waals surface area contributed by atoms with E-state index in [1.807, 2.05) is 13.0 Å². The molecule has 0 unspecified atom stereocenters. The normalized spacial score (nSPS) is 16.4. The molecule has 8 nitrogen and oxygen atoms in total. The van der Waals surface area contributed by atoms with E-state index in [1.54, 1.807) is 11.2 Å². The fraction of sp³-hybridized carbons (Fsp3) is 0.421. The standard InChI is InChI=1S/C19H24N6O2/c1-2-27-19(26)24-11-9-23(10-12-24)17-16(20)18(22-13-21-17)25-8-7-14-5-3-4-6-15(14)25/h3-6,13H,2,7-12,20H2,1H3. The van der Waals surface area contributed by atoms with Gasteiger partial charge in [-0.1, -0.05) is 18.2 Å². The average Bonchev–Trinajstić information content (AvgIpc) is 3.12. The summed E-state index contributed by atoms with van der Waals surface area (Å²) in [6.07, 6.45) is 2.29. The number of nitrogens with two attached hydrogens (primary N) is 1. The number of anilines is 4. The minimum atomic E-state index is -0.262. The summed E-state index contributed by atoms with van der Waals surface area (Å²) in [7, 11) is 0. The van der Waals surface area contributed by atoms with E-state index in [9.17, 15) is 4.79 Å². The number of aromatic nitrogens is 2. The van der Waals surface area contributed by atoms with Crippen LogP contribution in [0, 0.1) is 0 Å². The zero-order valence-corrected chi connectivity index (χ0v) is 15.5. The van der Waals surface area contributed by atoms with Crippen molar-refractivity contribution in [3.63, 3.8) is 0 Å². The third kappa shape index (κ3) is 3.22. The van der Waals surface area contributed by atoms with Gasteiger partial charge in [0.2, 0.25) is 0 Å². The van der Waals surface area contributed by atoms with Gasteiger partial charge < -0.3 is 25.2 Å². The van der Waals surface area contributed by atoms with Gasteiger partial charge in [-0.3, -0.25) is 0 Å². The number of hydrogen-bond donors (Lipinski definition) is 1. The Morgan fingerprint density at radius 3 is 2.63 bits per heavy atom. The zero-order chi connectivity index (χ0) is 18.8. The molecule has 2 aliphatic heterocycles. The third-order valence-electron chi connectivity index (χ3n) is 5.09. The van der Waals surface area contributed by atoms with Gasteiger partial charge in [-0.05, 0) is 25.0 Å². The molecule has 0 spiro atoms. The molecule has 0 atom stereocenters. The SMILES string of the molecule is CCOC(=O)N1CCN(c2ncnc(N3CCc4ccccc43)c2N)CC1. The molecule has 8 heteroatoms. The van der Waals surface area contributed by atoms with Crippen LogP contribution in [0.4, 0.5) is 27.8 Å². The van der Waals surface area contributed by atoms with E-state index >= 15 is 0 Å². The molecule has 1 saturated heterocycles. The lowest BCUT2D eigenvalue weighted by molar-refractivity contribution is 0.105. The van der Waals surface area contributed by atoms with Crippen LogP contribution >= 0.6 is 0 Å². The highest BCUT2D eigenvalue weighted by Gasteiger charge is 2.28. The Morgan fingerprint density at radius 2 is 1.85 bits per heavy atom. The fourth-order valence-electron chi connectivity index (χ4n) is 3.72. The van der Waals surface area contributed by atoms with Crippen molar-refractivity contribution in [1.82, 2.24) is 14.9 Å². The van der Waals surface area contributed by atoms with Crippen molar-refractivity contribution in [1.29, 1.82) is 0 Å². The third-order valence-corrected chi connectivity index (χ3v) is 5.09. The summed E-state index contributed by atoms with van der Waals surface area (Å²) in [6, 6.07) is 8.33. The molecule has 1 amide bonds. The first-order chi connectivity index (χ1) is 13.2. The van der Waals surface area contributed by atoms with Crippen LogP contribution in [-0.4, -0.2) is 60.3 Å². The first-order valence-electron chi connectivity index (χ1n) is 9.31. The lowest BCUT2D eigenvalue weighted by Crippen LogP contribution is -2.49. The van der Waals surface area contributed by atoms with Gasteiger partial charge in [-0.25, -0.2) is 14.8 Å². The van der Waals surface area contributed by atoms with Gasteiger partial charge in [0.25, 0.3) is 0 Å². The maximum atomic E-state index is 11.9. The maximum absolute atomic E-state index is 11.9. The fourth-order valence-corrected chi connectivity index (χ4v) is 3.72.